The van der Waals surface area contributed by atoms with E-state index in [2.05, 4.69) is 10.2 Å². The largest absolute Gasteiger partial charge is 0.293 e. The Kier molecular flexibility index (Phi) is 6.00. The van der Waals surface area contributed by atoms with Crippen LogP contribution in [-0.4, -0.2) is 26.3 Å². The molecule has 3 aromatic carbocycles. The molecule has 0 aliphatic rings. The molecule has 0 saturated carbocycles. The Morgan fingerprint density at radius 3 is 2.28 bits per heavy atom. The van der Waals surface area contributed by atoms with Gasteiger partial charge in [0.1, 0.15) is 0 Å². The number of rotatable bonds is 6. The third kappa shape index (κ3) is 4.37. The fourth-order valence-corrected chi connectivity index (χ4v) is 4.22. The summed E-state index contributed by atoms with van der Waals surface area (Å²) in [5.74, 6) is 0.804. The monoisotopic (exact) mass is 439 g/mol. The standard InChI is InChI=1S/C22H15Cl2N3OS/c23-16-11-12-18(19(24)13-16)20(28)14-29-22-26-25-21(15-7-3-1-4-8-15)27(22)17-9-5-2-6-10-17/h1-13H,14H2. The van der Waals surface area contributed by atoms with Crippen LogP contribution in [0.25, 0.3) is 17.1 Å². The van der Waals surface area contributed by atoms with Gasteiger partial charge in [0.2, 0.25) is 0 Å². The lowest BCUT2D eigenvalue weighted by molar-refractivity contribution is 0.102. The molecule has 4 nitrogen and oxygen atoms in total. The average molecular weight is 440 g/mol. The van der Waals surface area contributed by atoms with Crippen molar-refractivity contribution in [2.75, 3.05) is 5.75 Å². The summed E-state index contributed by atoms with van der Waals surface area (Å²) in [4.78, 5) is 12.7. The molecule has 7 heteroatoms. The van der Waals surface area contributed by atoms with Gasteiger partial charge in [0.15, 0.2) is 16.8 Å². The van der Waals surface area contributed by atoms with Crippen molar-refractivity contribution in [2.45, 2.75) is 5.16 Å². The number of ketones is 1. The highest BCUT2D eigenvalue weighted by Gasteiger charge is 2.18. The number of para-hydroxylation sites is 1. The number of halogens is 2. The molecule has 4 aromatic rings. The summed E-state index contributed by atoms with van der Waals surface area (Å²) in [6.07, 6.45) is 0. The maximum atomic E-state index is 12.7. The number of aromatic nitrogens is 3. The Balaban J connectivity index is 1.66. The minimum atomic E-state index is -0.0967. The molecule has 0 spiro atoms. The van der Waals surface area contributed by atoms with Crippen LogP contribution in [-0.2, 0) is 0 Å². The average Bonchev–Trinajstić information content (AvgIpc) is 3.17. The topological polar surface area (TPSA) is 47.8 Å². The van der Waals surface area contributed by atoms with Gasteiger partial charge in [0.25, 0.3) is 0 Å². The van der Waals surface area contributed by atoms with Crippen LogP contribution in [0.15, 0.2) is 84.0 Å². The second kappa shape index (κ2) is 8.82. The van der Waals surface area contributed by atoms with Crippen molar-refractivity contribution in [3.8, 4) is 17.1 Å². The van der Waals surface area contributed by atoms with Gasteiger partial charge in [-0.3, -0.25) is 9.36 Å². The predicted octanol–water partition coefficient (Wildman–Crippen LogP) is 6.22. The van der Waals surface area contributed by atoms with Crippen molar-refractivity contribution in [3.63, 3.8) is 0 Å². The number of Topliss-reactive ketones (excluding diaryl/α,β-unsaturated/α-hetero) is 1. The Hall–Kier alpha value is -2.60. The van der Waals surface area contributed by atoms with E-state index >= 15 is 0 Å². The molecule has 0 N–H and O–H groups in total. The quantitative estimate of drug-likeness (QED) is 0.264. The zero-order chi connectivity index (χ0) is 20.2. The number of nitrogens with zero attached hydrogens (tertiary/aromatic N) is 3. The van der Waals surface area contributed by atoms with Gasteiger partial charge in [-0.2, -0.15) is 0 Å². The van der Waals surface area contributed by atoms with Crippen LogP contribution >= 0.6 is 35.0 Å². The van der Waals surface area contributed by atoms with Crippen LogP contribution in [0.2, 0.25) is 10.0 Å². The molecular formula is C22H15Cl2N3OS. The van der Waals surface area contributed by atoms with Gasteiger partial charge in [0, 0.05) is 21.8 Å². The van der Waals surface area contributed by atoms with E-state index in [0.29, 0.717) is 20.8 Å². The summed E-state index contributed by atoms with van der Waals surface area (Å²) in [5, 5.41) is 10.2. The summed E-state index contributed by atoms with van der Waals surface area (Å²) < 4.78 is 1.96. The van der Waals surface area contributed by atoms with Crippen LogP contribution < -0.4 is 0 Å². The number of carbonyl (C=O) groups is 1. The zero-order valence-corrected chi connectivity index (χ0v) is 17.5. The minimum absolute atomic E-state index is 0.0967. The molecule has 0 atom stereocenters. The van der Waals surface area contributed by atoms with Gasteiger partial charge in [-0.15, -0.1) is 10.2 Å². The van der Waals surface area contributed by atoms with Crippen molar-refractivity contribution in [2.24, 2.45) is 0 Å². The third-order valence-electron chi connectivity index (χ3n) is 4.24. The SMILES string of the molecule is O=C(CSc1nnc(-c2ccccc2)n1-c1ccccc1)c1ccc(Cl)cc1Cl. The van der Waals surface area contributed by atoms with E-state index in [0.717, 1.165) is 17.1 Å². The summed E-state index contributed by atoms with van der Waals surface area (Å²) in [6, 6.07) is 24.5. The van der Waals surface area contributed by atoms with E-state index in [1.165, 1.54) is 11.8 Å². The molecule has 0 bridgehead atoms. The Morgan fingerprint density at radius 1 is 0.897 bits per heavy atom. The molecule has 1 aromatic heterocycles. The molecular weight excluding hydrogens is 425 g/mol. The molecule has 0 fully saturated rings. The maximum absolute atomic E-state index is 12.7. The van der Waals surface area contributed by atoms with Crippen LogP contribution in [0.1, 0.15) is 10.4 Å². The van der Waals surface area contributed by atoms with Crippen LogP contribution in [0.4, 0.5) is 0 Å². The van der Waals surface area contributed by atoms with E-state index in [9.17, 15) is 4.79 Å². The van der Waals surface area contributed by atoms with Crippen LogP contribution in [0.5, 0.6) is 0 Å². The van der Waals surface area contributed by atoms with Crippen LogP contribution in [0, 0.1) is 0 Å². The first-order chi connectivity index (χ1) is 14.1. The molecule has 1 heterocycles. The van der Waals surface area contributed by atoms with E-state index in [1.807, 2.05) is 65.2 Å². The Morgan fingerprint density at radius 2 is 1.59 bits per heavy atom. The van der Waals surface area contributed by atoms with E-state index in [-0.39, 0.29) is 11.5 Å². The molecule has 4 rings (SSSR count). The van der Waals surface area contributed by atoms with Crippen molar-refractivity contribution < 1.29 is 4.79 Å². The van der Waals surface area contributed by atoms with Gasteiger partial charge in [-0.1, -0.05) is 83.5 Å². The lowest BCUT2D eigenvalue weighted by Crippen LogP contribution is -2.05. The zero-order valence-electron chi connectivity index (χ0n) is 15.1. The smallest absolute Gasteiger partial charge is 0.196 e. The second-order valence-electron chi connectivity index (χ2n) is 6.18. The van der Waals surface area contributed by atoms with Gasteiger partial charge in [0.05, 0.1) is 10.8 Å². The normalized spacial score (nSPS) is 10.8. The molecule has 29 heavy (non-hydrogen) atoms. The molecule has 0 aliphatic carbocycles. The fraction of sp³-hybridized carbons (Fsp3) is 0.0455. The minimum Gasteiger partial charge on any atom is -0.293 e. The van der Waals surface area contributed by atoms with Gasteiger partial charge in [-0.25, -0.2) is 0 Å². The highest BCUT2D eigenvalue weighted by Crippen LogP contribution is 2.29. The maximum Gasteiger partial charge on any atom is 0.196 e. The van der Waals surface area contributed by atoms with Crippen molar-refractivity contribution in [1.29, 1.82) is 0 Å². The summed E-state index contributed by atoms with van der Waals surface area (Å²) in [5.41, 5.74) is 2.32. The number of hydrogen-bond donors (Lipinski definition) is 0. The highest BCUT2D eigenvalue weighted by molar-refractivity contribution is 7.99. The van der Waals surface area contributed by atoms with Gasteiger partial charge < -0.3 is 0 Å². The number of thioether (sulfide) groups is 1. The van der Waals surface area contributed by atoms with Crippen LogP contribution in [0.3, 0.4) is 0 Å². The first-order valence-electron chi connectivity index (χ1n) is 8.81. The molecule has 0 amide bonds. The second-order valence-corrected chi connectivity index (χ2v) is 7.97. The molecule has 0 saturated heterocycles. The molecule has 144 valence electrons. The number of benzene rings is 3. The van der Waals surface area contributed by atoms with Gasteiger partial charge in [-0.05, 0) is 30.3 Å². The van der Waals surface area contributed by atoms with Crippen molar-refractivity contribution in [3.05, 3.63) is 94.5 Å². The molecule has 0 aliphatic heterocycles. The number of hydrogen-bond acceptors (Lipinski definition) is 4. The molecule has 0 unspecified atom stereocenters. The van der Waals surface area contributed by atoms with E-state index in [1.54, 1.807) is 18.2 Å². The predicted molar refractivity (Wildman–Crippen MR) is 118 cm³/mol. The first-order valence-corrected chi connectivity index (χ1v) is 10.5. The fourth-order valence-electron chi connectivity index (χ4n) is 2.87. The summed E-state index contributed by atoms with van der Waals surface area (Å²) in [7, 11) is 0. The molecule has 0 radical (unpaired) electrons. The van der Waals surface area contributed by atoms with Crippen molar-refractivity contribution in [1.82, 2.24) is 14.8 Å². The summed E-state index contributed by atoms with van der Waals surface area (Å²) >= 11 is 13.4. The lowest BCUT2D eigenvalue weighted by Gasteiger charge is -2.10. The van der Waals surface area contributed by atoms with E-state index < -0.39 is 0 Å². The third-order valence-corrected chi connectivity index (χ3v) is 5.72. The van der Waals surface area contributed by atoms with E-state index in [4.69, 9.17) is 23.2 Å². The van der Waals surface area contributed by atoms with Crippen molar-refractivity contribution >= 4 is 40.7 Å². The Bertz CT molecular complexity index is 1150. The Labute approximate surface area is 182 Å². The van der Waals surface area contributed by atoms with Gasteiger partial charge >= 0.3 is 0 Å². The lowest BCUT2D eigenvalue weighted by atomic mass is 10.1. The summed E-state index contributed by atoms with van der Waals surface area (Å²) in [6.45, 7) is 0. The highest BCUT2D eigenvalue weighted by atomic mass is 35.5. The number of carbonyl (C=O) groups excluding carboxylic acids is 1. The first kappa shape index (κ1) is 19.7.